The summed E-state index contributed by atoms with van der Waals surface area (Å²) in [5.41, 5.74) is 8.69. The van der Waals surface area contributed by atoms with Crippen molar-refractivity contribution < 1.29 is 9.47 Å². The summed E-state index contributed by atoms with van der Waals surface area (Å²) in [7, 11) is 0. The molecular formula is C18H14BrN5O2S2. The molecule has 0 aliphatic carbocycles. The first-order valence-corrected chi connectivity index (χ1v) is 11.0. The van der Waals surface area contributed by atoms with Gasteiger partial charge in [0.15, 0.2) is 33.6 Å². The monoisotopic (exact) mass is 475 g/mol. The lowest BCUT2D eigenvalue weighted by Gasteiger charge is -2.09. The number of nitrogens with two attached hydrogens (primary N) is 1. The van der Waals surface area contributed by atoms with E-state index in [0.717, 1.165) is 44.6 Å². The maximum atomic E-state index is 6.05. The highest BCUT2D eigenvalue weighted by atomic mass is 79.9. The molecule has 0 spiro atoms. The molecule has 7 nitrogen and oxygen atoms in total. The summed E-state index contributed by atoms with van der Waals surface area (Å²) in [6.07, 6.45) is 2.36. The Morgan fingerprint density at radius 2 is 2.11 bits per heavy atom. The van der Waals surface area contributed by atoms with Gasteiger partial charge < -0.3 is 19.8 Å². The minimum atomic E-state index is 0.237. The van der Waals surface area contributed by atoms with E-state index < -0.39 is 0 Å². The lowest BCUT2D eigenvalue weighted by molar-refractivity contribution is 0.174. The van der Waals surface area contributed by atoms with Crippen molar-refractivity contribution in [2.24, 2.45) is 0 Å². The Balaban J connectivity index is 1.54. The number of thiophene rings is 1. The van der Waals surface area contributed by atoms with E-state index in [-0.39, 0.29) is 6.79 Å². The smallest absolute Gasteiger partial charge is 0.231 e. The fourth-order valence-electron chi connectivity index (χ4n) is 2.96. The first kappa shape index (κ1) is 17.8. The second kappa shape index (κ2) is 7.26. The van der Waals surface area contributed by atoms with Crippen LogP contribution in [0.4, 0.5) is 5.82 Å². The van der Waals surface area contributed by atoms with Gasteiger partial charge in [0.25, 0.3) is 0 Å². The zero-order valence-corrected chi connectivity index (χ0v) is 17.7. The number of hydrogen-bond acceptors (Lipinski definition) is 8. The molecule has 5 rings (SSSR count). The van der Waals surface area contributed by atoms with Crippen LogP contribution in [-0.4, -0.2) is 26.3 Å². The van der Waals surface area contributed by atoms with Crippen LogP contribution in [0.5, 0.6) is 11.5 Å². The van der Waals surface area contributed by atoms with Crippen LogP contribution in [0.15, 0.2) is 49.8 Å². The molecule has 4 heterocycles. The van der Waals surface area contributed by atoms with E-state index in [1.807, 2.05) is 12.1 Å². The number of nitrogen functional groups attached to an aromatic ring is 1. The van der Waals surface area contributed by atoms with Gasteiger partial charge in [-0.3, -0.25) is 0 Å². The summed E-state index contributed by atoms with van der Waals surface area (Å²) in [4.78, 5) is 14.2. The highest BCUT2D eigenvalue weighted by Gasteiger charge is 2.20. The average Bonchev–Trinajstić information content (AvgIpc) is 3.41. The third kappa shape index (κ3) is 3.21. The Labute approximate surface area is 177 Å². The van der Waals surface area contributed by atoms with E-state index >= 15 is 0 Å². The standard InChI is InChI=1S/C18H14BrN5O2S2/c19-11-5-12-13(26-9-25-12)6-14(11)28-18-23-15-16(20)21-8-22-17(15)24(18)3-1-10-2-4-27-7-10/h2,4-8H,1,3,9H2,(H2,20,21,22). The number of anilines is 1. The van der Waals surface area contributed by atoms with Crippen LogP contribution in [0.25, 0.3) is 11.2 Å². The molecule has 0 saturated heterocycles. The summed E-state index contributed by atoms with van der Waals surface area (Å²) in [6.45, 7) is 0.982. The summed E-state index contributed by atoms with van der Waals surface area (Å²) >= 11 is 6.84. The van der Waals surface area contributed by atoms with Crippen LogP contribution < -0.4 is 15.2 Å². The van der Waals surface area contributed by atoms with Crippen molar-refractivity contribution in [2.45, 2.75) is 23.0 Å². The van der Waals surface area contributed by atoms with Crippen molar-refractivity contribution in [3.63, 3.8) is 0 Å². The highest BCUT2D eigenvalue weighted by Crippen LogP contribution is 2.43. The third-order valence-electron chi connectivity index (χ3n) is 4.36. The van der Waals surface area contributed by atoms with Crippen LogP contribution in [0.2, 0.25) is 0 Å². The van der Waals surface area contributed by atoms with Gasteiger partial charge in [0.2, 0.25) is 6.79 Å². The SMILES string of the molecule is Nc1ncnc2c1nc(Sc1cc3c(cc1Br)OCO3)n2CCc1ccsc1. The molecule has 0 atom stereocenters. The van der Waals surface area contributed by atoms with Gasteiger partial charge in [-0.1, -0.05) is 11.8 Å². The van der Waals surface area contributed by atoms with E-state index in [0.29, 0.717) is 11.3 Å². The quantitative estimate of drug-likeness (QED) is 0.458. The summed E-state index contributed by atoms with van der Waals surface area (Å²) < 4.78 is 14.0. The number of ether oxygens (including phenoxy) is 2. The Bertz CT molecular complexity index is 1160. The number of benzene rings is 1. The van der Waals surface area contributed by atoms with E-state index in [2.05, 4.69) is 47.3 Å². The minimum Gasteiger partial charge on any atom is -0.454 e. The lowest BCUT2D eigenvalue weighted by Crippen LogP contribution is -2.04. The number of aromatic nitrogens is 4. The van der Waals surface area contributed by atoms with Crippen LogP contribution in [-0.2, 0) is 13.0 Å². The van der Waals surface area contributed by atoms with Gasteiger partial charge in [0, 0.05) is 15.9 Å². The first-order valence-electron chi connectivity index (χ1n) is 8.44. The Kier molecular flexibility index (Phi) is 4.61. The highest BCUT2D eigenvalue weighted by molar-refractivity contribution is 9.10. The zero-order chi connectivity index (χ0) is 19.1. The molecule has 0 unspecified atom stereocenters. The molecule has 0 bridgehead atoms. The molecule has 1 aliphatic rings. The molecular weight excluding hydrogens is 462 g/mol. The van der Waals surface area contributed by atoms with Crippen molar-refractivity contribution in [2.75, 3.05) is 12.5 Å². The largest absolute Gasteiger partial charge is 0.454 e. The molecule has 1 aliphatic heterocycles. The second-order valence-electron chi connectivity index (χ2n) is 6.10. The molecule has 0 radical (unpaired) electrons. The normalized spacial score (nSPS) is 12.8. The average molecular weight is 476 g/mol. The van der Waals surface area contributed by atoms with Crippen molar-refractivity contribution in [1.29, 1.82) is 0 Å². The van der Waals surface area contributed by atoms with Crippen LogP contribution in [0.3, 0.4) is 0 Å². The molecule has 3 aromatic heterocycles. The van der Waals surface area contributed by atoms with Crippen LogP contribution >= 0.6 is 39.0 Å². The van der Waals surface area contributed by atoms with E-state index in [9.17, 15) is 0 Å². The minimum absolute atomic E-state index is 0.237. The van der Waals surface area contributed by atoms with E-state index in [4.69, 9.17) is 20.2 Å². The van der Waals surface area contributed by atoms with Crippen molar-refractivity contribution in [3.05, 3.63) is 45.3 Å². The molecule has 0 saturated carbocycles. The molecule has 4 aromatic rings. The summed E-state index contributed by atoms with van der Waals surface area (Å²) in [5.74, 6) is 1.84. The number of rotatable bonds is 5. The first-order chi connectivity index (χ1) is 13.7. The van der Waals surface area contributed by atoms with Gasteiger partial charge in [0.1, 0.15) is 6.33 Å². The number of halogens is 1. The fourth-order valence-corrected chi connectivity index (χ4v) is 5.18. The Morgan fingerprint density at radius 3 is 2.93 bits per heavy atom. The van der Waals surface area contributed by atoms with Gasteiger partial charge in [-0.05, 0) is 56.9 Å². The van der Waals surface area contributed by atoms with Gasteiger partial charge in [-0.2, -0.15) is 11.3 Å². The number of nitrogens with zero attached hydrogens (tertiary/aromatic N) is 4. The topological polar surface area (TPSA) is 88.1 Å². The molecule has 142 valence electrons. The fraction of sp³-hybridized carbons (Fsp3) is 0.167. The number of imidazole rings is 1. The van der Waals surface area contributed by atoms with Crippen molar-refractivity contribution in [3.8, 4) is 11.5 Å². The molecule has 0 amide bonds. The molecule has 28 heavy (non-hydrogen) atoms. The van der Waals surface area contributed by atoms with Crippen molar-refractivity contribution >= 4 is 56.0 Å². The number of aryl methyl sites for hydroxylation is 2. The molecule has 1 aromatic carbocycles. The maximum Gasteiger partial charge on any atom is 0.231 e. The maximum absolute atomic E-state index is 6.05. The zero-order valence-electron chi connectivity index (χ0n) is 14.5. The van der Waals surface area contributed by atoms with E-state index in [1.54, 1.807) is 11.3 Å². The van der Waals surface area contributed by atoms with Crippen LogP contribution in [0.1, 0.15) is 5.56 Å². The second-order valence-corrected chi connectivity index (χ2v) is 8.74. The molecule has 0 fully saturated rings. The number of hydrogen-bond donors (Lipinski definition) is 1. The molecule has 10 heteroatoms. The van der Waals surface area contributed by atoms with Gasteiger partial charge in [-0.15, -0.1) is 0 Å². The molecule has 2 N–H and O–H groups in total. The number of fused-ring (bicyclic) bond motifs is 2. The van der Waals surface area contributed by atoms with Crippen molar-refractivity contribution in [1.82, 2.24) is 19.5 Å². The summed E-state index contributed by atoms with van der Waals surface area (Å²) in [5, 5.41) is 5.04. The van der Waals surface area contributed by atoms with Gasteiger partial charge >= 0.3 is 0 Å². The van der Waals surface area contributed by atoms with E-state index in [1.165, 1.54) is 23.7 Å². The van der Waals surface area contributed by atoms with Gasteiger partial charge in [-0.25, -0.2) is 15.0 Å². The predicted octanol–water partition coefficient (Wildman–Crippen LogP) is 4.36. The summed E-state index contributed by atoms with van der Waals surface area (Å²) in [6, 6.07) is 6.00. The third-order valence-corrected chi connectivity index (χ3v) is 7.06. The lowest BCUT2D eigenvalue weighted by atomic mass is 10.2. The predicted molar refractivity (Wildman–Crippen MR) is 112 cm³/mol. The van der Waals surface area contributed by atoms with Gasteiger partial charge in [0.05, 0.1) is 0 Å². The Morgan fingerprint density at radius 1 is 1.25 bits per heavy atom. The Hall–Kier alpha value is -2.30. The van der Waals surface area contributed by atoms with Crippen LogP contribution in [0, 0.1) is 0 Å².